The van der Waals surface area contributed by atoms with E-state index in [9.17, 15) is 27.2 Å². The van der Waals surface area contributed by atoms with Gasteiger partial charge in [0.15, 0.2) is 0 Å². The quantitative estimate of drug-likeness (QED) is 0.355. The molecule has 1 aromatic carbocycles. The minimum atomic E-state index is -4.90. The van der Waals surface area contributed by atoms with Gasteiger partial charge in [-0.25, -0.2) is 9.37 Å². The van der Waals surface area contributed by atoms with E-state index in [-0.39, 0.29) is 29.0 Å². The van der Waals surface area contributed by atoms with Gasteiger partial charge in [0.25, 0.3) is 5.91 Å². The Hall–Kier alpha value is -2.95. The summed E-state index contributed by atoms with van der Waals surface area (Å²) in [5.74, 6) is -3.30. The lowest BCUT2D eigenvalue weighted by Gasteiger charge is -2.30. The monoisotopic (exact) mass is 569 g/mol. The van der Waals surface area contributed by atoms with E-state index in [0.717, 1.165) is 23.6 Å². The predicted octanol–water partition coefficient (Wildman–Crippen LogP) is 5.74. The zero-order valence-electron chi connectivity index (χ0n) is 19.7. The van der Waals surface area contributed by atoms with Crippen molar-refractivity contribution < 1.29 is 31.9 Å². The first kappa shape index (κ1) is 26.1. The van der Waals surface area contributed by atoms with Crippen LogP contribution >= 0.6 is 15.9 Å². The van der Waals surface area contributed by atoms with Crippen LogP contribution in [-0.4, -0.2) is 29.9 Å². The van der Waals surface area contributed by atoms with Crippen molar-refractivity contribution in [2.75, 3.05) is 12.4 Å². The van der Waals surface area contributed by atoms with Crippen LogP contribution in [0.3, 0.4) is 0 Å². The molecule has 2 saturated carbocycles. The summed E-state index contributed by atoms with van der Waals surface area (Å²) in [5.41, 5.74) is 0.672. The number of nitrogens with one attached hydrogen (secondary N) is 2. The normalized spacial score (nSPS) is 22.9. The fourth-order valence-electron chi connectivity index (χ4n) is 5.50. The molecule has 2 bridgehead atoms. The number of alkyl halides is 3. The molecule has 4 atom stereocenters. The lowest BCUT2D eigenvalue weighted by atomic mass is 9.83. The lowest BCUT2D eigenvalue weighted by molar-refractivity contribution is -0.140. The Morgan fingerprint density at radius 1 is 1.14 bits per heavy atom. The Morgan fingerprint density at radius 3 is 2.47 bits per heavy atom. The Kier molecular flexibility index (Phi) is 7.14. The first-order valence-electron chi connectivity index (χ1n) is 11.3. The molecule has 2 N–H and O–H groups in total. The molecule has 0 radical (unpaired) electrons. The fourth-order valence-corrected chi connectivity index (χ4v) is 5.83. The predicted molar refractivity (Wildman–Crippen MR) is 128 cm³/mol. The van der Waals surface area contributed by atoms with Crippen LogP contribution in [0.2, 0.25) is 0 Å². The largest absolute Gasteiger partial charge is 0.480 e. The van der Waals surface area contributed by atoms with Crippen LogP contribution in [0.1, 0.15) is 42.6 Å². The smallest absolute Gasteiger partial charge is 0.419 e. The van der Waals surface area contributed by atoms with E-state index in [1.807, 2.05) is 13.8 Å². The maximum absolute atomic E-state index is 13.7. The summed E-state index contributed by atoms with van der Waals surface area (Å²) in [5, 5.41) is 5.48. The van der Waals surface area contributed by atoms with Gasteiger partial charge in [0.2, 0.25) is 11.8 Å². The molecule has 6 nitrogen and oxygen atoms in total. The summed E-state index contributed by atoms with van der Waals surface area (Å²) in [6.45, 7) is 3.88. The van der Waals surface area contributed by atoms with E-state index in [4.69, 9.17) is 4.74 Å². The topological polar surface area (TPSA) is 80.3 Å². The first-order chi connectivity index (χ1) is 16.9. The van der Waals surface area contributed by atoms with Gasteiger partial charge in [0.05, 0.1) is 18.6 Å². The summed E-state index contributed by atoms with van der Waals surface area (Å²) in [4.78, 5) is 30.7. The van der Waals surface area contributed by atoms with Gasteiger partial charge < -0.3 is 15.4 Å². The van der Waals surface area contributed by atoms with Crippen molar-refractivity contribution in [3.05, 3.63) is 63.0 Å². The third kappa shape index (κ3) is 4.85. The van der Waals surface area contributed by atoms with E-state index in [1.54, 1.807) is 6.07 Å². The SMILES string of the molecule is COc1ncc(Br)cc1C(=O)N[C@@H]1C2CCC(C2=C(C)C)[C@@H]1C(=O)Nc1ccc(F)c(C(F)(F)F)c1. The molecular weight excluding hydrogens is 546 g/mol. The molecule has 2 unspecified atom stereocenters. The Balaban J connectivity index is 1.65. The lowest BCUT2D eigenvalue weighted by Crippen LogP contribution is -2.48. The van der Waals surface area contributed by atoms with Crippen molar-refractivity contribution in [3.63, 3.8) is 0 Å². The number of nitrogens with zero attached hydrogens (tertiary/aromatic N) is 1. The number of carbonyl (C=O) groups is 2. The number of rotatable bonds is 5. The summed E-state index contributed by atoms with van der Waals surface area (Å²) < 4.78 is 59.0. The number of allylic oxidation sites excluding steroid dienone is 1. The molecule has 2 fully saturated rings. The Morgan fingerprint density at radius 2 is 1.83 bits per heavy atom. The van der Waals surface area contributed by atoms with Crippen molar-refractivity contribution in [1.82, 2.24) is 10.3 Å². The minimum Gasteiger partial charge on any atom is -0.480 e. The molecule has 0 saturated heterocycles. The van der Waals surface area contributed by atoms with Crippen molar-refractivity contribution in [1.29, 1.82) is 0 Å². The highest BCUT2D eigenvalue weighted by Gasteiger charge is 2.55. The van der Waals surface area contributed by atoms with Crippen LogP contribution in [0.5, 0.6) is 5.88 Å². The van der Waals surface area contributed by atoms with E-state index in [1.165, 1.54) is 13.3 Å². The second-order valence-electron chi connectivity index (χ2n) is 9.16. The zero-order chi connectivity index (χ0) is 26.4. The summed E-state index contributed by atoms with van der Waals surface area (Å²) >= 11 is 3.29. The Labute approximate surface area is 213 Å². The molecular formula is C25H24BrF4N3O3. The molecule has 1 heterocycles. The minimum absolute atomic E-state index is 0.0928. The number of halogens is 5. The highest BCUT2D eigenvalue weighted by Crippen LogP contribution is 2.54. The molecule has 192 valence electrons. The van der Waals surface area contributed by atoms with E-state index in [0.29, 0.717) is 23.0 Å². The molecule has 36 heavy (non-hydrogen) atoms. The van der Waals surface area contributed by atoms with Crippen LogP contribution < -0.4 is 15.4 Å². The molecule has 1 aromatic heterocycles. The molecule has 2 aliphatic carbocycles. The van der Waals surface area contributed by atoms with E-state index in [2.05, 4.69) is 31.5 Å². The number of fused-ring (bicyclic) bond motifs is 2. The van der Waals surface area contributed by atoms with Crippen LogP contribution in [-0.2, 0) is 11.0 Å². The maximum Gasteiger partial charge on any atom is 0.419 e. The van der Waals surface area contributed by atoms with Crippen molar-refractivity contribution >= 4 is 33.4 Å². The zero-order valence-corrected chi connectivity index (χ0v) is 21.3. The number of amides is 2. The van der Waals surface area contributed by atoms with Crippen LogP contribution in [0.4, 0.5) is 23.2 Å². The number of hydrogen-bond acceptors (Lipinski definition) is 4. The van der Waals surface area contributed by atoms with Gasteiger partial charge in [-0.2, -0.15) is 13.2 Å². The Bertz CT molecular complexity index is 1240. The first-order valence-corrected chi connectivity index (χ1v) is 12.1. The average molecular weight is 570 g/mol. The number of benzene rings is 1. The van der Waals surface area contributed by atoms with Gasteiger partial charge in [-0.3, -0.25) is 9.59 Å². The number of hydrogen-bond donors (Lipinski definition) is 2. The number of ether oxygens (including phenoxy) is 1. The van der Waals surface area contributed by atoms with Crippen LogP contribution in [0, 0.1) is 23.6 Å². The summed E-state index contributed by atoms with van der Waals surface area (Å²) in [6, 6.07) is 3.30. The van der Waals surface area contributed by atoms with E-state index < -0.39 is 41.3 Å². The number of aromatic nitrogens is 1. The molecule has 0 spiro atoms. The maximum atomic E-state index is 13.7. The van der Waals surface area contributed by atoms with Crippen LogP contribution in [0.25, 0.3) is 0 Å². The fraction of sp³-hybridized carbons (Fsp3) is 0.400. The van der Waals surface area contributed by atoms with Gasteiger partial charge in [-0.05, 0) is 72.8 Å². The van der Waals surface area contributed by atoms with Crippen molar-refractivity contribution in [3.8, 4) is 5.88 Å². The highest BCUT2D eigenvalue weighted by atomic mass is 79.9. The van der Waals surface area contributed by atoms with Gasteiger partial charge in [0, 0.05) is 28.3 Å². The number of methoxy groups -OCH3 is 1. The molecule has 2 aliphatic rings. The summed E-state index contributed by atoms with van der Waals surface area (Å²) in [6.07, 6.45) is -1.93. The summed E-state index contributed by atoms with van der Waals surface area (Å²) in [7, 11) is 1.39. The third-order valence-corrected chi connectivity index (χ3v) is 7.25. The van der Waals surface area contributed by atoms with Gasteiger partial charge in [0.1, 0.15) is 11.4 Å². The van der Waals surface area contributed by atoms with E-state index >= 15 is 0 Å². The number of anilines is 1. The average Bonchev–Trinajstić information content (AvgIpc) is 3.36. The molecule has 2 aromatic rings. The second kappa shape index (κ2) is 9.84. The van der Waals surface area contributed by atoms with Crippen molar-refractivity contribution in [2.24, 2.45) is 17.8 Å². The molecule has 11 heteroatoms. The van der Waals surface area contributed by atoms with Crippen LogP contribution in [0.15, 0.2) is 46.1 Å². The van der Waals surface area contributed by atoms with Crippen molar-refractivity contribution in [2.45, 2.75) is 38.9 Å². The molecule has 2 amide bonds. The second-order valence-corrected chi connectivity index (χ2v) is 10.1. The molecule has 0 aliphatic heterocycles. The van der Waals surface area contributed by atoms with Gasteiger partial charge >= 0.3 is 6.18 Å². The van der Waals surface area contributed by atoms with Gasteiger partial charge in [-0.15, -0.1) is 0 Å². The standard InChI is InChI=1S/C25H24BrF4N3O3/c1-11(2)19-14-5-6-15(19)21(33-22(34)16-8-12(26)10-31-24(16)36-3)20(14)23(35)32-13-4-7-18(27)17(9-13)25(28,29)30/h4,7-10,14-15,20-21H,5-6H2,1-3H3,(H,32,35)(H,33,34)/t14?,15?,20-,21+/m0/s1. The molecule has 4 rings (SSSR count). The third-order valence-electron chi connectivity index (χ3n) is 6.81. The van der Waals surface area contributed by atoms with Gasteiger partial charge in [-0.1, -0.05) is 11.1 Å². The number of carbonyl (C=O) groups excluding carboxylic acids is 2. The number of pyridine rings is 1. The highest BCUT2D eigenvalue weighted by molar-refractivity contribution is 9.10.